The zero-order chi connectivity index (χ0) is 22.2. The van der Waals surface area contributed by atoms with Crippen LogP contribution in [-0.4, -0.2) is 35.8 Å². The maximum atomic E-state index is 12.7. The lowest BCUT2D eigenvalue weighted by Gasteiger charge is -2.26. The van der Waals surface area contributed by atoms with Gasteiger partial charge in [0.1, 0.15) is 11.5 Å². The van der Waals surface area contributed by atoms with Crippen molar-refractivity contribution in [1.29, 1.82) is 0 Å². The summed E-state index contributed by atoms with van der Waals surface area (Å²) < 4.78 is 10.6. The quantitative estimate of drug-likeness (QED) is 0.384. The molecule has 0 bridgehead atoms. The molecule has 1 aromatic heterocycles. The average Bonchev–Trinajstić information content (AvgIpc) is 2.79. The van der Waals surface area contributed by atoms with Gasteiger partial charge in [-0.2, -0.15) is 0 Å². The van der Waals surface area contributed by atoms with Crippen LogP contribution in [0.25, 0.3) is 10.9 Å². The summed E-state index contributed by atoms with van der Waals surface area (Å²) >= 11 is 5.67. The Morgan fingerprint density at radius 2 is 1.74 bits per heavy atom. The molecule has 6 nitrogen and oxygen atoms in total. The number of hydrogen-bond acceptors (Lipinski definition) is 4. The maximum Gasteiger partial charge on any atom is 0.253 e. The first-order valence-electron chi connectivity index (χ1n) is 10.4. The van der Waals surface area contributed by atoms with Gasteiger partial charge in [0.05, 0.1) is 20.8 Å². The van der Waals surface area contributed by atoms with E-state index in [4.69, 9.17) is 21.7 Å². The topological polar surface area (TPSA) is 66.6 Å². The summed E-state index contributed by atoms with van der Waals surface area (Å²) in [6.45, 7) is 3.92. The number of thiocarbonyl (C=S) groups is 1. The van der Waals surface area contributed by atoms with Crippen LogP contribution in [0.5, 0.6) is 11.5 Å². The monoisotopic (exact) mass is 439 g/mol. The molecule has 2 N–H and O–H groups in total. The number of methoxy groups -OCH3 is 2. The highest BCUT2D eigenvalue weighted by Crippen LogP contribution is 2.20. The van der Waals surface area contributed by atoms with E-state index >= 15 is 0 Å². The van der Waals surface area contributed by atoms with Crippen molar-refractivity contribution in [2.24, 2.45) is 0 Å². The standard InChI is InChI=1S/C24H29N3O3S/c1-4-5-12-25-24(31)27(15-17-6-8-20(29-2)9-7-17)16-19-13-18-14-21(30-3)10-11-22(18)26-23(19)28/h6-11,13-14H,4-5,12,15-16H2,1-3H3,(H,25,31)(H,26,28). The van der Waals surface area contributed by atoms with Crippen LogP contribution in [0.4, 0.5) is 0 Å². The maximum absolute atomic E-state index is 12.7. The molecule has 0 spiro atoms. The van der Waals surface area contributed by atoms with Crippen molar-refractivity contribution in [3.8, 4) is 11.5 Å². The minimum atomic E-state index is -0.117. The van der Waals surface area contributed by atoms with E-state index < -0.39 is 0 Å². The molecule has 31 heavy (non-hydrogen) atoms. The number of pyridine rings is 1. The summed E-state index contributed by atoms with van der Waals surface area (Å²) in [5.41, 5.74) is 2.39. The molecule has 3 aromatic rings. The Bertz CT molecular complexity index is 1080. The first-order chi connectivity index (χ1) is 15.0. The fourth-order valence-corrected chi connectivity index (χ4v) is 3.55. The number of hydrogen-bond donors (Lipinski definition) is 2. The van der Waals surface area contributed by atoms with E-state index in [2.05, 4.69) is 17.2 Å². The van der Waals surface area contributed by atoms with Crippen molar-refractivity contribution in [1.82, 2.24) is 15.2 Å². The molecule has 2 aromatic carbocycles. The van der Waals surface area contributed by atoms with E-state index in [-0.39, 0.29) is 5.56 Å². The van der Waals surface area contributed by atoms with Gasteiger partial charge in [-0.05, 0) is 60.6 Å². The largest absolute Gasteiger partial charge is 0.497 e. The first-order valence-corrected chi connectivity index (χ1v) is 10.8. The number of H-pyrrole nitrogens is 1. The smallest absolute Gasteiger partial charge is 0.253 e. The molecule has 7 heteroatoms. The zero-order valence-corrected chi connectivity index (χ0v) is 19.1. The molecule has 0 aliphatic rings. The molecule has 0 aliphatic carbocycles. The number of ether oxygens (including phenoxy) is 2. The second-order valence-corrected chi connectivity index (χ2v) is 7.75. The van der Waals surface area contributed by atoms with Crippen LogP contribution in [0.15, 0.2) is 53.3 Å². The summed E-state index contributed by atoms with van der Waals surface area (Å²) in [4.78, 5) is 17.7. The summed E-state index contributed by atoms with van der Waals surface area (Å²) in [6, 6.07) is 15.4. The number of benzene rings is 2. The van der Waals surface area contributed by atoms with Gasteiger partial charge in [0.15, 0.2) is 5.11 Å². The molecular weight excluding hydrogens is 410 g/mol. The van der Waals surface area contributed by atoms with E-state index in [1.165, 1.54) is 0 Å². The minimum absolute atomic E-state index is 0.117. The second kappa shape index (κ2) is 10.8. The lowest BCUT2D eigenvalue weighted by atomic mass is 10.1. The highest BCUT2D eigenvalue weighted by atomic mass is 32.1. The molecule has 0 amide bonds. The third-order valence-corrected chi connectivity index (χ3v) is 5.52. The molecule has 0 saturated carbocycles. The summed E-state index contributed by atoms with van der Waals surface area (Å²) in [6.07, 6.45) is 2.12. The Morgan fingerprint density at radius 3 is 2.42 bits per heavy atom. The summed E-state index contributed by atoms with van der Waals surface area (Å²) in [5, 5.41) is 4.88. The van der Waals surface area contributed by atoms with Gasteiger partial charge in [-0.25, -0.2) is 0 Å². The normalized spacial score (nSPS) is 10.7. The number of nitrogens with one attached hydrogen (secondary N) is 2. The molecule has 164 valence electrons. The molecule has 0 saturated heterocycles. The number of aromatic amines is 1. The Balaban J connectivity index is 1.87. The van der Waals surface area contributed by atoms with E-state index in [9.17, 15) is 4.79 Å². The molecule has 3 rings (SSSR count). The molecule has 0 fully saturated rings. The van der Waals surface area contributed by atoms with E-state index in [1.807, 2.05) is 53.4 Å². The molecule has 0 radical (unpaired) electrons. The first kappa shape index (κ1) is 22.6. The van der Waals surface area contributed by atoms with Crippen molar-refractivity contribution in [2.45, 2.75) is 32.9 Å². The van der Waals surface area contributed by atoms with Crippen LogP contribution >= 0.6 is 12.2 Å². The number of rotatable bonds is 9. The Labute approximate surface area is 188 Å². The zero-order valence-electron chi connectivity index (χ0n) is 18.2. The van der Waals surface area contributed by atoms with E-state index in [0.717, 1.165) is 47.4 Å². The number of fused-ring (bicyclic) bond motifs is 1. The van der Waals surface area contributed by atoms with Crippen molar-refractivity contribution >= 4 is 28.2 Å². The third kappa shape index (κ3) is 5.98. The molecule has 0 unspecified atom stereocenters. The van der Waals surface area contributed by atoms with E-state index in [1.54, 1.807) is 14.2 Å². The Hall–Kier alpha value is -3.06. The fourth-order valence-electron chi connectivity index (χ4n) is 3.31. The van der Waals surface area contributed by atoms with E-state index in [0.29, 0.717) is 23.8 Å². The van der Waals surface area contributed by atoms with Crippen molar-refractivity contribution in [3.63, 3.8) is 0 Å². The SMILES string of the molecule is CCCCNC(=S)N(Cc1ccc(OC)cc1)Cc1cc2cc(OC)ccc2[nH]c1=O. The highest BCUT2D eigenvalue weighted by Gasteiger charge is 2.14. The van der Waals surface area contributed by atoms with Gasteiger partial charge in [-0.1, -0.05) is 25.5 Å². The molecule has 0 aliphatic heterocycles. The van der Waals surface area contributed by atoms with Crippen LogP contribution in [0.1, 0.15) is 30.9 Å². The lowest BCUT2D eigenvalue weighted by molar-refractivity contribution is 0.395. The van der Waals surface area contributed by atoms with Crippen molar-refractivity contribution in [2.75, 3.05) is 20.8 Å². The summed E-state index contributed by atoms with van der Waals surface area (Å²) in [7, 11) is 3.28. The van der Waals surface area contributed by atoms with Crippen LogP contribution < -0.4 is 20.3 Å². The summed E-state index contributed by atoms with van der Waals surface area (Å²) in [5.74, 6) is 1.55. The molecular formula is C24H29N3O3S. The fraction of sp³-hybridized carbons (Fsp3) is 0.333. The van der Waals surface area contributed by atoms with Crippen LogP contribution in [0.2, 0.25) is 0 Å². The Morgan fingerprint density at radius 1 is 1.03 bits per heavy atom. The van der Waals surface area contributed by atoms with Crippen LogP contribution in [0, 0.1) is 0 Å². The predicted molar refractivity (Wildman–Crippen MR) is 129 cm³/mol. The van der Waals surface area contributed by atoms with Gasteiger partial charge in [-0.15, -0.1) is 0 Å². The third-order valence-electron chi connectivity index (χ3n) is 5.12. The highest BCUT2D eigenvalue weighted by molar-refractivity contribution is 7.80. The number of aromatic nitrogens is 1. The average molecular weight is 440 g/mol. The van der Waals surface area contributed by atoms with Crippen LogP contribution in [-0.2, 0) is 13.1 Å². The Kier molecular flexibility index (Phi) is 7.89. The van der Waals surface area contributed by atoms with Gasteiger partial charge < -0.3 is 24.7 Å². The van der Waals surface area contributed by atoms with Gasteiger partial charge in [-0.3, -0.25) is 4.79 Å². The number of unbranched alkanes of at least 4 members (excludes halogenated alkanes) is 1. The second-order valence-electron chi connectivity index (χ2n) is 7.37. The van der Waals surface area contributed by atoms with Crippen LogP contribution in [0.3, 0.4) is 0 Å². The van der Waals surface area contributed by atoms with Gasteiger partial charge >= 0.3 is 0 Å². The van der Waals surface area contributed by atoms with Gasteiger partial charge in [0, 0.05) is 29.6 Å². The lowest BCUT2D eigenvalue weighted by Crippen LogP contribution is -2.40. The predicted octanol–water partition coefficient (Wildman–Crippen LogP) is 4.22. The van der Waals surface area contributed by atoms with Crippen molar-refractivity contribution in [3.05, 3.63) is 70.0 Å². The van der Waals surface area contributed by atoms with Gasteiger partial charge in [0.2, 0.25) is 0 Å². The van der Waals surface area contributed by atoms with Gasteiger partial charge in [0.25, 0.3) is 5.56 Å². The minimum Gasteiger partial charge on any atom is -0.497 e. The number of nitrogens with zero attached hydrogens (tertiary/aromatic N) is 1. The van der Waals surface area contributed by atoms with Crippen molar-refractivity contribution < 1.29 is 9.47 Å². The molecule has 1 heterocycles. The molecule has 0 atom stereocenters.